The highest BCUT2D eigenvalue weighted by Crippen LogP contribution is 2.42. The van der Waals surface area contributed by atoms with Crippen LogP contribution in [0.3, 0.4) is 0 Å². The van der Waals surface area contributed by atoms with Gasteiger partial charge >= 0.3 is 18.4 Å². The lowest BCUT2D eigenvalue weighted by atomic mass is 9.89. The molecule has 1 amide bonds. The normalized spacial score (nSPS) is 19.8. The number of aryl methyl sites for hydroxylation is 2. The van der Waals surface area contributed by atoms with Gasteiger partial charge in [0.25, 0.3) is 0 Å². The number of ether oxygens (including phenoxy) is 1. The van der Waals surface area contributed by atoms with E-state index in [1.54, 1.807) is 0 Å². The largest absolute Gasteiger partial charge is 0.453 e. The molecule has 0 saturated heterocycles. The van der Waals surface area contributed by atoms with Gasteiger partial charge < -0.3 is 10.1 Å². The standard InChI is InChI=1S/C24H24F6N2O2/c1-13-6-21(19-9-15-4-3-5-16(15)10-20(19)31-13)32(22(33)34-2)12-14-7-17(23(25,26)27)11-18(8-14)24(28,29)30/h7-11,13,21,31H,3-6,12H2,1-2H3. The first-order valence-electron chi connectivity index (χ1n) is 10.9. The molecular formula is C24H24F6N2O2. The third-order valence-electron chi connectivity index (χ3n) is 6.39. The number of nitrogens with one attached hydrogen (secondary N) is 1. The van der Waals surface area contributed by atoms with E-state index in [4.69, 9.17) is 4.74 Å². The minimum Gasteiger partial charge on any atom is -0.453 e. The van der Waals surface area contributed by atoms with Crippen molar-refractivity contribution in [1.29, 1.82) is 0 Å². The van der Waals surface area contributed by atoms with E-state index in [1.165, 1.54) is 10.5 Å². The van der Waals surface area contributed by atoms with Gasteiger partial charge in [-0.15, -0.1) is 0 Å². The van der Waals surface area contributed by atoms with Crippen LogP contribution in [0.2, 0.25) is 0 Å². The summed E-state index contributed by atoms with van der Waals surface area (Å²) in [4.78, 5) is 14.0. The van der Waals surface area contributed by atoms with Gasteiger partial charge in [0.05, 0.1) is 24.3 Å². The minimum absolute atomic E-state index is 0.0728. The Morgan fingerprint density at radius 2 is 1.59 bits per heavy atom. The SMILES string of the molecule is COC(=O)N(Cc1cc(C(F)(F)F)cc(C(F)(F)F)c1)C1CC(C)Nc2cc3c(cc21)CCC3. The fourth-order valence-corrected chi connectivity index (χ4v) is 4.85. The first-order chi connectivity index (χ1) is 15.9. The van der Waals surface area contributed by atoms with Crippen LogP contribution < -0.4 is 5.32 Å². The van der Waals surface area contributed by atoms with Crippen molar-refractivity contribution < 1.29 is 35.9 Å². The Balaban J connectivity index is 1.77. The average Bonchev–Trinajstić information content (AvgIpc) is 3.21. The smallest absolute Gasteiger partial charge is 0.416 e. The van der Waals surface area contributed by atoms with Gasteiger partial charge in [-0.3, -0.25) is 4.90 Å². The number of halogens is 6. The second kappa shape index (κ2) is 8.70. The van der Waals surface area contributed by atoms with Gasteiger partial charge in [0.1, 0.15) is 0 Å². The van der Waals surface area contributed by atoms with Crippen LogP contribution in [-0.4, -0.2) is 24.1 Å². The predicted octanol–water partition coefficient (Wildman–Crippen LogP) is 6.73. The Kier molecular flexibility index (Phi) is 6.20. The summed E-state index contributed by atoms with van der Waals surface area (Å²) in [6.07, 6.45) is -7.52. The van der Waals surface area contributed by atoms with Gasteiger partial charge in [-0.05, 0) is 79.1 Å². The van der Waals surface area contributed by atoms with Crippen LogP contribution >= 0.6 is 0 Å². The molecule has 2 aliphatic rings. The first-order valence-corrected chi connectivity index (χ1v) is 10.9. The van der Waals surface area contributed by atoms with Crippen LogP contribution in [0, 0.1) is 0 Å². The molecule has 4 rings (SSSR count). The molecule has 0 bridgehead atoms. The summed E-state index contributed by atoms with van der Waals surface area (Å²) in [6, 6.07) is 4.76. The fourth-order valence-electron chi connectivity index (χ4n) is 4.85. The van der Waals surface area contributed by atoms with Gasteiger partial charge in [-0.2, -0.15) is 26.3 Å². The van der Waals surface area contributed by atoms with Crippen LogP contribution in [0.15, 0.2) is 30.3 Å². The molecular weight excluding hydrogens is 462 g/mol. The molecule has 4 nitrogen and oxygen atoms in total. The Morgan fingerprint density at radius 3 is 2.15 bits per heavy atom. The zero-order valence-corrected chi connectivity index (χ0v) is 18.6. The number of hydrogen-bond donors (Lipinski definition) is 1. The van der Waals surface area contributed by atoms with Gasteiger partial charge in [0, 0.05) is 18.3 Å². The summed E-state index contributed by atoms with van der Waals surface area (Å²) in [7, 11) is 1.14. The molecule has 1 aliphatic carbocycles. The van der Waals surface area contributed by atoms with Crippen LogP contribution in [0.1, 0.15) is 59.2 Å². The van der Waals surface area contributed by atoms with Crippen molar-refractivity contribution in [3.8, 4) is 0 Å². The number of alkyl halides is 6. The number of hydrogen-bond acceptors (Lipinski definition) is 3. The highest BCUT2D eigenvalue weighted by atomic mass is 19.4. The summed E-state index contributed by atoms with van der Waals surface area (Å²) in [5.41, 5.74) is 0.838. The van der Waals surface area contributed by atoms with E-state index in [-0.39, 0.29) is 17.7 Å². The van der Waals surface area contributed by atoms with Gasteiger partial charge in [0.15, 0.2) is 0 Å². The summed E-state index contributed by atoms with van der Waals surface area (Å²) in [5.74, 6) is 0. The summed E-state index contributed by atoms with van der Waals surface area (Å²) >= 11 is 0. The third kappa shape index (κ3) is 4.81. The molecule has 2 aromatic rings. The molecule has 0 saturated carbocycles. The van der Waals surface area contributed by atoms with Crippen molar-refractivity contribution in [2.45, 2.75) is 63.6 Å². The maximum Gasteiger partial charge on any atom is 0.416 e. The minimum atomic E-state index is -4.97. The number of fused-ring (bicyclic) bond motifs is 2. The molecule has 2 unspecified atom stereocenters. The molecule has 1 aliphatic heterocycles. The molecule has 10 heteroatoms. The van der Waals surface area contributed by atoms with Gasteiger partial charge in [-0.1, -0.05) is 6.07 Å². The number of nitrogens with zero attached hydrogens (tertiary/aromatic N) is 1. The maximum atomic E-state index is 13.3. The maximum absolute atomic E-state index is 13.3. The molecule has 0 fully saturated rings. The fraction of sp³-hybridized carbons (Fsp3) is 0.458. The summed E-state index contributed by atoms with van der Waals surface area (Å²) in [6.45, 7) is 1.44. The zero-order chi connectivity index (χ0) is 24.8. The van der Waals surface area contributed by atoms with Crippen molar-refractivity contribution in [2.75, 3.05) is 12.4 Å². The highest BCUT2D eigenvalue weighted by molar-refractivity contribution is 5.70. The van der Waals surface area contributed by atoms with Crippen LogP contribution in [-0.2, 0) is 36.5 Å². The van der Waals surface area contributed by atoms with Crippen molar-refractivity contribution in [3.05, 3.63) is 63.7 Å². The number of amides is 1. The quantitative estimate of drug-likeness (QED) is 0.490. The van der Waals surface area contributed by atoms with E-state index < -0.39 is 42.2 Å². The number of carbonyl (C=O) groups excluding carboxylic acids is 1. The summed E-state index contributed by atoms with van der Waals surface area (Å²) in [5, 5.41) is 3.38. The zero-order valence-electron chi connectivity index (χ0n) is 18.6. The Labute approximate surface area is 192 Å². The van der Waals surface area contributed by atoms with E-state index in [9.17, 15) is 31.1 Å². The number of rotatable bonds is 3. The Bertz CT molecular complexity index is 1060. The van der Waals surface area contributed by atoms with Crippen molar-refractivity contribution in [3.63, 3.8) is 0 Å². The second-order valence-electron chi connectivity index (χ2n) is 8.87. The molecule has 0 spiro atoms. The molecule has 34 heavy (non-hydrogen) atoms. The van der Waals surface area contributed by atoms with E-state index in [2.05, 4.69) is 5.32 Å². The van der Waals surface area contributed by atoms with Gasteiger partial charge in [0.2, 0.25) is 0 Å². The average molecular weight is 486 g/mol. The van der Waals surface area contributed by atoms with E-state index in [1.807, 2.05) is 19.1 Å². The topological polar surface area (TPSA) is 41.6 Å². The number of anilines is 1. The Morgan fingerprint density at radius 1 is 1.00 bits per heavy atom. The summed E-state index contributed by atoms with van der Waals surface area (Å²) < 4.78 is 85.0. The number of carbonyl (C=O) groups is 1. The lowest BCUT2D eigenvalue weighted by molar-refractivity contribution is -0.143. The molecule has 0 aromatic heterocycles. The number of benzene rings is 2. The predicted molar refractivity (Wildman–Crippen MR) is 113 cm³/mol. The Hall–Kier alpha value is -2.91. The number of methoxy groups -OCH3 is 1. The van der Waals surface area contributed by atoms with Crippen LogP contribution in [0.25, 0.3) is 0 Å². The highest BCUT2D eigenvalue weighted by Gasteiger charge is 2.38. The molecule has 184 valence electrons. The van der Waals surface area contributed by atoms with Crippen LogP contribution in [0.5, 0.6) is 0 Å². The van der Waals surface area contributed by atoms with Crippen molar-refractivity contribution in [1.82, 2.24) is 4.90 Å². The first kappa shape index (κ1) is 24.2. The molecule has 1 N–H and O–H groups in total. The monoisotopic (exact) mass is 486 g/mol. The van der Waals surface area contributed by atoms with Crippen molar-refractivity contribution in [2.24, 2.45) is 0 Å². The molecule has 0 radical (unpaired) electrons. The van der Waals surface area contributed by atoms with Crippen molar-refractivity contribution >= 4 is 11.8 Å². The molecule has 2 aromatic carbocycles. The molecule has 2 atom stereocenters. The van der Waals surface area contributed by atoms with E-state index in [0.29, 0.717) is 18.6 Å². The third-order valence-corrected chi connectivity index (χ3v) is 6.39. The van der Waals surface area contributed by atoms with Gasteiger partial charge in [-0.25, -0.2) is 4.79 Å². The second-order valence-corrected chi connectivity index (χ2v) is 8.87. The molecule has 1 heterocycles. The van der Waals surface area contributed by atoms with E-state index in [0.717, 1.165) is 43.2 Å². The van der Waals surface area contributed by atoms with E-state index >= 15 is 0 Å². The van der Waals surface area contributed by atoms with Crippen LogP contribution in [0.4, 0.5) is 36.8 Å². The lowest BCUT2D eigenvalue weighted by Gasteiger charge is -2.38. The lowest BCUT2D eigenvalue weighted by Crippen LogP contribution is -2.40.